The Labute approximate surface area is 289 Å². The Hall–Kier alpha value is -4.44. The number of carbonyl (C=O) groups excluding carboxylic acids is 3. The van der Waals surface area contributed by atoms with Gasteiger partial charge in [-0.15, -0.1) is 11.8 Å². The Bertz CT molecular complexity index is 2150. The Morgan fingerprint density at radius 2 is 1.59 bits per heavy atom. The maximum Gasteiger partial charge on any atom is 0.305 e. The molecule has 3 amide bonds. The zero-order chi connectivity index (χ0) is 34.2. The monoisotopic (exact) mass is 718 g/mol. The number of sulfonamides is 1. The van der Waals surface area contributed by atoms with Crippen molar-refractivity contribution in [3.05, 3.63) is 92.9 Å². The first-order chi connectivity index (χ1) is 23.5. The SMILES string of the molecule is COc1ccc(N2C(=O)C3C4CC(C3C2=O)C2C4Sc3[nH]c(=O)sc3[C@@H]2c2ccc(OCC(=O)Nc3ccc(S(N)(=O)=O)cc3)cc2)cc1. The van der Waals surface area contributed by atoms with Crippen LogP contribution in [-0.2, 0) is 24.4 Å². The van der Waals surface area contributed by atoms with Crippen LogP contribution in [0.2, 0.25) is 0 Å². The third-order valence-electron chi connectivity index (χ3n) is 10.1. The largest absolute Gasteiger partial charge is 0.497 e. The van der Waals surface area contributed by atoms with Gasteiger partial charge in [0.15, 0.2) is 6.61 Å². The van der Waals surface area contributed by atoms with E-state index in [9.17, 15) is 27.6 Å². The summed E-state index contributed by atoms with van der Waals surface area (Å²) < 4.78 is 33.9. The maximum atomic E-state index is 14.0. The van der Waals surface area contributed by atoms with E-state index in [4.69, 9.17) is 14.6 Å². The van der Waals surface area contributed by atoms with Gasteiger partial charge in [-0.1, -0.05) is 23.5 Å². The molecule has 15 heteroatoms. The lowest BCUT2D eigenvalue weighted by Crippen LogP contribution is -2.42. The summed E-state index contributed by atoms with van der Waals surface area (Å²) in [6, 6.07) is 19.9. The van der Waals surface area contributed by atoms with Gasteiger partial charge in [-0.25, -0.2) is 13.6 Å². The summed E-state index contributed by atoms with van der Waals surface area (Å²) in [7, 11) is -2.28. The van der Waals surface area contributed by atoms with Crippen molar-refractivity contribution in [2.45, 2.75) is 27.5 Å². The second-order valence-electron chi connectivity index (χ2n) is 12.6. The molecular formula is C34H30N4O8S3. The summed E-state index contributed by atoms with van der Waals surface area (Å²) in [5.74, 6) is -0.593. The number of fused-ring (bicyclic) bond motifs is 9. The van der Waals surface area contributed by atoms with Crippen molar-refractivity contribution < 1.29 is 32.3 Å². The van der Waals surface area contributed by atoms with E-state index in [-0.39, 0.29) is 57.1 Å². The molecule has 3 heterocycles. The minimum absolute atomic E-state index is 0.000723. The standard InChI is InChI=1S/C34H30N4O8S3/c1-45-19-10-6-18(7-11-19)38-32(40)27-22-14-23(28(27)33(38)41)29-26(22)25(30-31(47-29)37-34(42)48-30)16-2-8-20(9-3-16)46-15-24(39)36-17-4-12-21(13-5-17)49(35,43)44/h2-13,22-23,25-29H,14-15H2,1H3,(H,36,39)(H,37,42)(H2,35,43,44)/t22?,23?,25-,26?,27?,28?,29?/m1/s1. The third-order valence-corrected chi connectivity index (χ3v) is 13.6. The second kappa shape index (κ2) is 11.9. The first-order valence-electron chi connectivity index (χ1n) is 15.6. The minimum atomic E-state index is -3.84. The fourth-order valence-electron chi connectivity index (χ4n) is 8.22. The molecule has 4 N–H and O–H groups in total. The molecule has 7 atom stereocenters. The van der Waals surface area contributed by atoms with Gasteiger partial charge < -0.3 is 19.8 Å². The number of nitrogens with one attached hydrogen (secondary N) is 2. The van der Waals surface area contributed by atoms with Crippen LogP contribution in [0.1, 0.15) is 22.8 Å². The number of nitrogens with zero attached hydrogens (tertiary/aromatic N) is 1. The zero-order valence-electron chi connectivity index (χ0n) is 25.9. The van der Waals surface area contributed by atoms with Gasteiger partial charge in [0.25, 0.3) is 5.91 Å². The lowest BCUT2D eigenvalue weighted by Gasteiger charge is -2.43. The number of hydrogen-bond donors (Lipinski definition) is 3. The summed E-state index contributed by atoms with van der Waals surface area (Å²) in [5, 5.41) is 8.66. The van der Waals surface area contributed by atoms with Crippen LogP contribution in [0.3, 0.4) is 0 Å². The molecule has 1 saturated heterocycles. The van der Waals surface area contributed by atoms with Crippen LogP contribution in [0.25, 0.3) is 0 Å². The van der Waals surface area contributed by atoms with Crippen LogP contribution < -0.4 is 29.7 Å². The number of benzene rings is 3. The molecule has 0 spiro atoms. The fraction of sp³-hybridized carbons (Fsp3) is 0.294. The molecule has 1 aromatic heterocycles. The number of H-pyrrole nitrogens is 1. The summed E-state index contributed by atoms with van der Waals surface area (Å²) in [6.07, 6.45) is 0.780. The number of ether oxygens (including phenoxy) is 2. The summed E-state index contributed by atoms with van der Waals surface area (Å²) in [6.45, 7) is -0.279. The van der Waals surface area contributed by atoms with Gasteiger partial charge in [0.05, 0.1) is 34.6 Å². The quantitative estimate of drug-likeness (QED) is 0.229. The van der Waals surface area contributed by atoms with Gasteiger partial charge in [0, 0.05) is 21.7 Å². The second-order valence-corrected chi connectivity index (χ2v) is 16.4. The fourth-order valence-corrected chi connectivity index (χ4v) is 11.6. The van der Waals surface area contributed by atoms with E-state index in [0.717, 1.165) is 21.9 Å². The predicted octanol–water partition coefficient (Wildman–Crippen LogP) is 3.79. The Morgan fingerprint density at radius 3 is 2.24 bits per heavy atom. The van der Waals surface area contributed by atoms with E-state index in [0.29, 0.717) is 22.9 Å². The number of amides is 3. The van der Waals surface area contributed by atoms with Gasteiger partial charge in [-0.05, 0) is 90.4 Å². The smallest absolute Gasteiger partial charge is 0.305 e. The highest BCUT2D eigenvalue weighted by Gasteiger charge is 2.69. The molecule has 49 heavy (non-hydrogen) atoms. The molecule has 3 aromatic carbocycles. The van der Waals surface area contributed by atoms with Crippen LogP contribution in [0.5, 0.6) is 11.5 Å². The third kappa shape index (κ3) is 5.35. The number of primary sulfonamides is 1. The molecule has 2 aliphatic heterocycles. The molecule has 2 aliphatic carbocycles. The van der Waals surface area contributed by atoms with E-state index in [1.165, 1.54) is 40.5 Å². The van der Waals surface area contributed by atoms with Gasteiger partial charge in [-0.3, -0.25) is 24.1 Å². The summed E-state index contributed by atoms with van der Waals surface area (Å²) >= 11 is 2.82. The van der Waals surface area contributed by atoms with Crippen molar-refractivity contribution in [3.8, 4) is 11.5 Å². The van der Waals surface area contributed by atoms with Gasteiger partial charge in [0.1, 0.15) is 11.5 Å². The van der Waals surface area contributed by atoms with Crippen LogP contribution in [0.4, 0.5) is 11.4 Å². The average molecular weight is 719 g/mol. The number of hydrogen-bond acceptors (Lipinski definition) is 10. The van der Waals surface area contributed by atoms with E-state index < -0.39 is 27.8 Å². The van der Waals surface area contributed by atoms with Crippen molar-refractivity contribution in [2.75, 3.05) is 23.9 Å². The number of carbonyl (C=O) groups is 3. The van der Waals surface area contributed by atoms with Crippen molar-refractivity contribution in [3.63, 3.8) is 0 Å². The molecule has 12 nitrogen and oxygen atoms in total. The van der Waals surface area contributed by atoms with E-state index in [1.54, 1.807) is 55.3 Å². The number of rotatable bonds is 8. The molecule has 4 aliphatic rings. The molecule has 2 saturated carbocycles. The van der Waals surface area contributed by atoms with Crippen molar-refractivity contribution in [1.29, 1.82) is 0 Å². The Balaban J connectivity index is 1.01. The van der Waals surface area contributed by atoms with E-state index >= 15 is 0 Å². The number of aromatic nitrogens is 1. The topological polar surface area (TPSA) is 178 Å². The number of methoxy groups -OCH3 is 1. The number of thioether (sulfide) groups is 1. The van der Waals surface area contributed by atoms with Gasteiger partial charge in [0.2, 0.25) is 21.8 Å². The minimum Gasteiger partial charge on any atom is -0.497 e. The molecule has 0 radical (unpaired) electrons. The van der Waals surface area contributed by atoms with Crippen molar-refractivity contribution >= 4 is 62.2 Å². The van der Waals surface area contributed by atoms with Crippen molar-refractivity contribution in [2.24, 2.45) is 34.7 Å². The number of nitrogens with two attached hydrogens (primary N) is 1. The summed E-state index contributed by atoms with van der Waals surface area (Å²) in [5.41, 5.74) is 1.90. The molecule has 8 rings (SSSR count). The lowest BCUT2D eigenvalue weighted by atomic mass is 9.68. The molecule has 252 valence electrons. The molecule has 2 bridgehead atoms. The number of anilines is 2. The maximum absolute atomic E-state index is 14.0. The molecule has 3 fully saturated rings. The number of imide groups is 1. The normalized spacial score (nSPS) is 26.7. The van der Waals surface area contributed by atoms with Crippen LogP contribution in [0, 0.1) is 29.6 Å². The van der Waals surface area contributed by atoms with Crippen LogP contribution in [0.15, 0.2) is 87.5 Å². The highest BCUT2D eigenvalue weighted by molar-refractivity contribution is 8.00. The van der Waals surface area contributed by atoms with Crippen molar-refractivity contribution in [1.82, 2.24) is 4.98 Å². The Morgan fingerprint density at radius 1 is 0.939 bits per heavy atom. The summed E-state index contributed by atoms with van der Waals surface area (Å²) in [4.78, 5) is 58.1. The van der Waals surface area contributed by atoms with E-state index in [1.807, 2.05) is 12.1 Å². The van der Waals surface area contributed by atoms with Gasteiger partial charge >= 0.3 is 4.87 Å². The number of thiazole rings is 1. The predicted molar refractivity (Wildman–Crippen MR) is 182 cm³/mol. The number of aromatic amines is 1. The molecule has 6 unspecified atom stereocenters. The highest BCUT2D eigenvalue weighted by atomic mass is 32.2. The van der Waals surface area contributed by atoms with Crippen LogP contribution in [-0.4, -0.2) is 50.1 Å². The zero-order valence-corrected chi connectivity index (χ0v) is 28.3. The first-order valence-corrected chi connectivity index (χ1v) is 18.8. The molecule has 4 aromatic rings. The Kier molecular flexibility index (Phi) is 7.70. The van der Waals surface area contributed by atoms with E-state index in [2.05, 4.69) is 10.3 Å². The molecular weight excluding hydrogens is 689 g/mol. The van der Waals surface area contributed by atoms with Gasteiger partial charge in [-0.2, -0.15) is 0 Å². The lowest BCUT2D eigenvalue weighted by molar-refractivity contribution is -0.123. The van der Waals surface area contributed by atoms with Crippen LogP contribution >= 0.6 is 23.1 Å². The highest BCUT2D eigenvalue weighted by Crippen LogP contribution is 2.68. The first kappa shape index (κ1) is 31.8. The average Bonchev–Trinajstić information content (AvgIpc) is 3.82.